The van der Waals surface area contributed by atoms with Crippen LogP contribution in [-0.4, -0.2) is 0 Å². The van der Waals surface area contributed by atoms with E-state index in [0.29, 0.717) is 4.47 Å². The van der Waals surface area contributed by atoms with Gasteiger partial charge in [0.2, 0.25) is 0 Å². The van der Waals surface area contributed by atoms with Gasteiger partial charge >= 0.3 is 0 Å². The van der Waals surface area contributed by atoms with Gasteiger partial charge in [0.05, 0.1) is 4.47 Å². The van der Waals surface area contributed by atoms with Crippen molar-refractivity contribution >= 4 is 15.9 Å². The number of hydrogen-bond acceptors (Lipinski definition) is 0. The van der Waals surface area contributed by atoms with Crippen molar-refractivity contribution in [1.82, 2.24) is 0 Å². The van der Waals surface area contributed by atoms with Crippen LogP contribution in [0.2, 0.25) is 0 Å². The summed E-state index contributed by atoms with van der Waals surface area (Å²) in [6.45, 7) is 3.72. The van der Waals surface area contributed by atoms with E-state index in [1.807, 2.05) is 13.8 Å². The lowest BCUT2D eigenvalue weighted by atomic mass is 9.98. The van der Waals surface area contributed by atoms with Crippen molar-refractivity contribution in [3.63, 3.8) is 0 Å². The maximum Gasteiger partial charge on any atom is 0.143 e. The van der Waals surface area contributed by atoms with Gasteiger partial charge in [-0.3, -0.25) is 0 Å². The molecule has 0 bridgehead atoms. The van der Waals surface area contributed by atoms with Crippen LogP contribution in [0.15, 0.2) is 16.6 Å². The van der Waals surface area contributed by atoms with Crippen LogP contribution in [0.1, 0.15) is 31.7 Å². The zero-order valence-corrected chi connectivity index (χ0v) is 9.16. The van der Waals surface area contributed by atoms with Gasteiger partial charge in [0.1, 0.15) is 11.6 Å². The topological polar surface area (TPSA) is 0 Å². The summed E-state index contributed by atoms with van der Waals surface area (Å²) in [6, 6.07) is 2.67. The summed E-state index contributed by atoms with van der Waals surface area (Å²) in [6.07, 6.45) is 0.726. The van der Waals surface area contributed by atoms with E-state index in [2.05, 4.69) is 15.9 Å². The molecule has 0 amide bonds. The highest BCUT2D eigenvalue weighted by molar-refractivity contribution is 9.10. The summed E-state index contributed by atoms with van der Waals surface area (Å²) in [5.41, 5.74) is 0.178. The Bertz CT molecular complexity index is 310. The third-order valence-electron chi connectivity index (χ3n) is 2.18. The second kappa shape index (κ2) is 4.18. The van der Waals surface area contributed by atoms with Gasteiger partial charge in [0.25, 0.3) is 0 Å². The van der Waals surface area contributed by atoms with Gasteiger partial charge in [0, 0.05) is 5.56 Å². The molecular weight excluding hydrogens is 238 g/mol. The van der Waals surface area contributed by atoms with Gasteiger partial charge in [-0.1, -0.05) is 13.8 Å². The molecule has 0 spiro atoms. The third-order valence-corrected chi connectivity index (χ3v) is 2.80. The Hall–Kier alpha value is -0.440. The summed E-state index contributed by atoms with van der Waals surface area (Å²) in [7, 11) is 0. The molecule has 0 nitrogen and oxygen atoms in total. The van der Waals surface area contributed by atoms with E-state index in [0.717, 1.165) is 6.42 Å². The van der Waals surface area contributed by atoms with Crippen LogP contribution >= 0.6 is 15.9 Å². The van der Waals surface area contributed by atoms with E-state index in [9.17, 15) is 8.78 Å². The molecule has 0 fully saturated rings. The molecule has 0 saturated heterocycles. The summed E-state index contributed by atoms with van der Waals surface area (Å²) in [5.74, 6) is -1.03. The second-order valence-electron chi connectivity index (χ2n) is 3.07. The molecule has 0 heterocycles. The van der Waals surface area contributed by atoms with Crippen LogP contribution in [0, 0.1) is 11.6 Å². The Morgan fingerprint density at radius 1 is 1.38 bits per heavy atom. The number of benzene rings is 1. The molecule has 1 rings (SSSR count). The smallest absolute Gasteiger partial charge is 0.143 e. The van der Waals surface area contributed by atoms with Crippen LogP contribution < -0.4 is 0 Å². The quantitative estimate of drug-likeness (QED) is 0.687. The predicted octanol–water partition coefficient (Wildman–Crippen LogP) is 4.24. The highest BCUT2D eigenvalue weighted by atomic mass is 79.9. The van der Waals surface area contributed by atoms with Gasteiger partial charge < -0.3 is 0 Å². The van der Waals surface area contributed by atoms with Crippen LogP contribution in [0.5, 0.6) is 0 Å². The monoisotopic (exact) mass is 248 g/mol. The van der Waals surface area contributed by atoms with Gasteiger partial charge in [-0.2, -0.15) is 0 Å². The first-order chi connectivity index (χ1) is 6.07. The lowest BCUT2D eigenvalue weighted by molar-refractivity contribution is 0.524. The van der Waals surface area contributed by atoms with E-state index in [1.165, 1.54) is 12.1 Å². The van der Waals surface area contributed by atoms with E-state index in [4.69, 9.17) is 0 Å². The molecule has 0 radical (unpaired) electrons. The van der Waals surface area contributed by atoms with E-state index in [-0.39, 0.29) is 11.5 Å². The van der Waals surface area contributed by atoms with Crippen molar-refractivity contribution < 1.29 is 8.78 Å². The Labute approximate surface area is 85.1 Å². The first kappa shape index (κ1) is 10.6. The third kappa shape index (κ3) is 2.08. The highest BCUT2D eigenvalue weighted by Crippen LogP contribution is 2.29. The van der Waals surface area contributed by atoms with E-state index < -0.39 is 11.6 Å². The SMILES string of the molecule is CCC(C)c1c(F)ccc(Br)c1F. The molecule has 0 aliphatic heterocycles. The molecule has 1 unspecified atom stereocenters. The van der Waals surface area contributed by atoms with E-state index in [1.54, 1.807) is 0 Å². The Kier molecular flexibility index (Phi) is 3.42. The van der Waals surface area contributed by atoms with Crippen molar-refractivity contribution in [3.8, 4) is 0 Å². The van der Waals surface area contributed by atoms with Gasteiger partial charge in [-0.15, -0.1) is 0 Å². The predicted molar refractivity (Wildman–Crippen MR) is 52.8 cm³/mol. The molecule has 0 saturated carbocycles. The normalized spacial score (nSPS) is 13.0. The van der Waals surface area contributed by atoms with Crippen LogP contribution in [-0.2, 0) is 0 Å². The van der Waals surface area contributed by atoms with Gasteiger partial charge in [-0.05, 0) is 40.4 Å². The average molecular weight is 249 g/mol. The Morgan fingerprint density at radius 2 is 2.00 bits per heavy atom. The zero-order chi connectivity index (χ0) is 10.0. The first-order valence-corrected chi connectivity index (χ1v) is 5.00. The molecule has 72 valence electrons. The maximum absolute atomic E-state index is 13.4. The lowest BCUT2D eigenvalue weighted by Crippen LogP contribution is -2.00. The van der Waals surface area contributed by atoms with Crippen molar-refractivity contribution in [2.45, 2.75) is 26.2 Å². The minimum absolute atomic E-state index is 0.0856. The van der Waals surface area contributed by atoms with Crippen molar-refractivity contribution in [3.05, 3.63) is 33.8 Å². The maximum atomic E-state index is 13.4. The Morgan fingerprint density at radius 3 is 2.54 bits per heavy atom. The highest BCUT2D eigenvalue weighted by Gasteiger charge is 2.16. The van der Waals surface area contributed by atoms with Crippen LogP contribution in [0.3, 0.4) is 0 Å². The fraction of sp³-hybridized carbons (Fsp3) is 0.400. The largest absolute Gasteiger partial charge is 0.207 e. The molecular formula is C10H11BrF2. The molecule has 13 heavy (non-hydrogen) atoms. The molecule has 1 atom stereocenters. The van der Waals surface area contributed by atoms with Crippen molar-refractivity contribution in [1.29, 1.82) is 0 Å². The number of hydrogen-bond donors (Lipinski definition) is 0. The van der Waals surface area contributed by atoms with Gasteiger partial charge in [-0.25, -0.2) is 8.78 Å². The lowest BCUT2D eigenvalue weighted by Gasteiger charge is -2.11. The van der Waals surface area contributed by atoms with E-state index >= 15 is 0 Å². The van der Waals surface area contributed by atoms with Crippen LogP contribution in [0.25, 0.3) is 0 Å². The fourth-order valence-electron chi connectivity index (χ4n) is 1.20. The van der Waals surface area contributed by atoms with Crippen molar-refractivity contribution in [2.24, 2.45) is 0 Å². The molecule has 0 N–H and O–H groups in total. The number of rotatable bonds is 2. The summed E-state index contributed by atoms with van der Waals surface area (Å²) < 4.78 is 26.9. The first-order valence-electron chi connectivity index (χ1n) is 4.21. The minimum atomic E-state index is -0.477. The minimum Gasteiger partial charge on any atom is -0.207 e. The molecule has 0 aliphatic carbocycles. The summed E-state index contributed by atoms with van der Waals surface area (Å²) in [4.78, 5) is 0. The van der Waals surface area contributed by atoms with Crippen LogP contribution in [0.4, 0.5) is 8.78 Å². The standard InChI is InChI=1S/C10H11BrF2/c1-3-6(2)9-8(12)5-4-7(11)10(9)13/h4-6H,3H2,1-2H3. The van der Waals surface area contributed by atoms with Gasteiger partial charge in [0.15, 0.2) is 0 Å². The fourth-order valence-corrected chi connectivity index (χ4v) is 1.54. The second-order valence-corrected chi connectivity index (χ2v) is 3.92. The van der Waals surface area contributed by atoms with Crippen molar-refractivity contribution in [2.75, 3.05) is 0 Å². The zero-order valence-electron chi connectivity index (χ0n) is 7.57. The number of halogens is 3. The summed E-state index contributed by atoms with van der Waals surface area (Å²) >= 11 is 3.04. The average Bonchev–Trinajstić information content (AvgIpc) is 2.12. The Balaban J connectivity index is 3.25. The molecule has 1 aromatic rings. The molecule has 3 heteroatoms. The summed E-state index contributed by atoms with van der Waals surface area (Å²) in [5, 5.41) is 0. The molecule has 0 aliphatic rings. The molecule has 0 aromatic heterocycles. The molecule has 1 aromatic carbocycles.